The van der Waals surface area contributed by atoms with Crippen LogP contribution >= 0.6 is 0 Å². The lowest BCUT2D eigenvalue weighted by Crippen LogP contribution is -2.14. The molecule has 0 saturated carbocycles. The van der Waals surface area contributed by atoms with Crippen molar-refractivity contribution in [2.75, 3.05) is 11.1 Å². The highest BCUT2D eigenvalue weighted by atomic mass is 32.2. The summed E-state index contributed by atoms with van der Waals surface area (Å²) in [6.45, 7) is 1.99. The molecule has 0 fully saturated rings. The van der Waals surface area contributed by atoms with Crippen molar-refractivity contribution in [1.29, 1.82) is 0 Å². The smallest absolute Gasteiger partial charge is 0.240 e. The summed E-state index contributed by atoms with van der Waals surface area (Å²) >= 11 is 0. The molecular formula is C13H16N4O2S. The molecule has 2 rings (SSSR count). The molecule has 7 heteroatoms. The molecule has 0 aliphatic carbocycles. The highest BCUT2D eigenvalue weighted by Crippen LogP contribution is 2.24. The van der Waals surface area contributed by atoms with E-state index in [1.807, 2.05) is 19.1 Å². The molecule has 5 N–H and O–H groups in total. The van der Waals surface area contributed by atoms with Gasteiger partial charge in [0.2, 0.25) is 10.0 Å². The minimum Gasteiger partial charge on any atom is -0.398 e. The van der Waals surface area contributed by atoms with E-state index >= 15 is 0 Å². The van der Waals surface area contributed by atoms with E-state index in [2.05, 4.69) is 10.3 Å². The van der Waals surface area contributed by atoms with Gasteiger partial charge in [-0.3, -0.25) is 4.98 Å². The van der Waals surface area contributed by atoms with Crippen LogP contribution in [0.2, 0.25) is 0 Å². The van der Waals surface area contributed by atoms with Crippen LogP contribution in [0.1, 0.15) is 18.5 Å². The monoisotopic (exact) mass is 292 g/mol. The van der Waals surface area contributed by atoms with E-state index in [1.165, 1.54) is 6.07 Å². The fourth-order valence-corrected chi connectivity index (χ4v) is 2.53. The summed E-state index contributed by atoms with van der Waals surface area (Å²) in [7, 11) is -3.79. The molecule has 1 aromatic carbocycles. The molecule has 0 spiro atoms. The largest absolute Gasteiger partial charge is 0.398 e. The first-order chi connectivity index (χ1) is 9.38. The normalized spacial score (nSPS) is 12.9. The number of hydrogen-bond donors (Lipinski definition) is 3. The van der Waals surface area contributed by atoms with Gasteiger partial charge >= 0.3 is 0 Å². The number of nitrogens with zero attached hydrogens (tertiary/aromatic N) is 1. The zero-order valence-electron chi connectivity index (χ0n) is 10.9. The van der Waals surface area contributed by atoms with Crippen molar-refractivity contribution < 1.29 is 8.42 Å². The van der Waals surface area contributed by atoms with E-state index in [1.54, 1.807) is 24.5 Å². The van der Waals surface area contributed by atoms with Crippen LogP contribution in [0.25, 0.3) is 0 Å². The number of primary sulfonamides is 1. The summed E-state index contributed by atoms with van der Waals surface area (Å²) in [5.41, 5.74) is 7.62. The van der Waals surface area contributed by atoms with Gasteiger partial charge < -0.3 is 11.1 Å². The number of pyridine rings is 1. The summed E-state index contributed by atoms with van der Waals surface area (Å²) in [6, 6.07) is 8.43. The molecule has 0 aliphatic heterocycles. The van der Waals surface area contributed by atoms with Gasteiger partial charge in [0.05, 0.1) is 5.69 Å². The van der Waals surface area contributed by atoms with Gasteiger partial charge in [-0.15, -0.1) is 0 Å². The van der Waals surface area contributed by atoms with Gasteiger partial charge in [-0.05, 0) is 42.8 Å². The van der Waals surface area contributed by atoms with E-state index in [-0.39, 0.29) is 16.6 Å². The minimum absolute atomic E-state index is 0.0396. The standard InChI is InChI=1S/C13H16N4O2S/c1-9(10-4-6-16-7-5-10)17-11-2-3-13(12(14)8-11)20(15,18)19/h2-9,17H,14H2,1H3,(H2,15,18,19). The van der Waals surface area contributed by atoms with Crippen molar-refractivity contribution in [3.8, 4) is 0 Å². The third-order valence-electron chi connectivity index (χ3n) is 2.91. The van der Waals surface area contributed by atoms with Gasteiger partial charge in [0, 0.05) is 24.1 Å². The molecule has 0 saturated heterocycles. The van der Waals surface area contributed by atoms with Crippen LogP contribution in [0.15, 0.2) is 47.6 Å². The number of anilines is 2. The Morgan fingerprint density at radius 3 is 2.40 bits per heavy atom. The lowest BCUT2D eigenvalue weighted by molar-refractivity contribution is 0.598. The molecule has 0 bridgehead atoms. The predicted molar refractivity (Wildman–Crippen MR) is 78.5 cm³/mol. The number of benzene rings is 1. The van der Waals surface area contributed by atoms with Gasteiger partial charge in [0.25, 0.3) is 0 Å². The second-order valence-electron chi connectivity index (χ2n) is 4.44. The number of rotatable bonds is 4. The van der Waals surface area contributed by atoms with Crippen LogP contribution in [-0.2, 0) is 10.0 Å². The zero-order valence-corrected chi connectivity index (χ0v) is 11.8. The lowest BCUT2D eigenvalue weighted by Gasteiger charge is -2.16. The SMILES string of the molecule is CC(Nc1ccc(S(N)(=O)=O)c(N)c1)c1ccncc1. The van der Waals surface area contributed by atoms with Crippen molar-refractivity contribution >= 4 is 21.4 Å². The zero-order chi connectivity index (χ0) is 14.8. The van der Waals surface area contributed by atoms with Crippen LogP contribution in [0.5, 0.6) is 0 Å². The van der Waals surface area contributed by atoms with Gasteiger partial charge in [-0.25, -0.2) is 13.6 Å². The summed E-state index contributed by atoms with van der Waals surface area (Å²) in [5.74, 6) is 0. The highest BCUT2D eigenvalue weighted by molar-refractivity contribution is 7.89. The molecule has 0 radical (unpaired) electrons. The number of aromatic nitrogens is 1. The Morgan fingerprint density at radius 2 is 1.85 bits per heavy atom. The second-order valence-corrected chi connectivity index (χ2v) is 5.97. The summed E-state index contributed by atoms with van der Waals surface area (Å²) in [4.78, 5) is 3.89. The van der Waals surface area contributed by atoms with E-state index in [0.717, 1.165) is 11.3 Å². The van der Waals surface area contributed by atoms with Crippen LogP contribution in [0, 0.1) is 0 Å². The fraction of sp³-hybridized carbons (Fsp3) is 0.154. The van der Waals surface area contributed by atoms with E-state index in [0.29, 0.717) is 0 Å². The maximum Gasteiger partial charge on any atom is 0.240 e. The third kappa shape index (κ3) is 3.25. The second kappa shape index (κ2) is 5.48. The predicted octanol–water partition coefficient (Wildman–Crippen LogP) is 1.48. The first kappa shape index (κ1) is 14.3. The maximum absolute atomic E-state index is 11.3. The van der Waals surface area contributed by atoms with Gasteiger partial charge in [0.1, 0.15) is 4.90 Å². The average Bonchev–Trinajstić information content (AvgIpc) is 2.38. The Hall–Kier alpha value is -2.12. The van der Waals surface area contributed by atoms with Crippen LogP contribution in [-0.4, -0.2) is 13.4 Å². The van der Waals surface area contributed by atoms with Crippen LogP contribution in [0.3, 0.4) is 0 Å². The maximum atomic E-state index is 11.3. The molecular weight excluding hydrogens is 276 g/mol. The van der Waals surface area contributed by atoms with Gasteiger partial charge in [0.15, 0.2) is 0 Å². The first-order valence-electron chi connectivity index (χ1n) is 5.96. The molecule has 1 atom stereocenters. The van der Waals surface area contributed by atoms with Gasteiger partial charge in [-0.1, -0.05) is 0 Å². The Labute approximate surface area is 117 Å². The molecule has 0 aliphatic rings. The van der Waals surface area contributed by atoms with Crippen molar-refractivity contribution in [1.82, 2.24) is 4.98 Å². The summed E-state index contributed by atoms with van der Waals surface area (Å²) < 4.78 is 22.6. The van der Waals surface area contributed by atoms with Crippen molar-refractivity contribution in [2.45, 2.75) is 17.9 Å². The quantitative estimate of drug-likeness (QED) is 0.739. The van der Waals surface area contributed by atoms with Crippen molar-refractivity contribution in [3.63, 3.8) is 0 Å². The Bertz CT molecular complexity index is 702. The Balaban J connectivity index is 2.21. The van der Waals surface area contributed by atoms with Crippen LogP contribution < -0.4 is 16.2 Å². The molecule has 0 amide bonds. The Kier molecular flexibility index (Phi) is 3.91. The molecule has 6 nitrogen and oxygen atoms in total. The Morgan fingerprint density at radius 1 is 1.20 bits per heavy atom. The topological polar surface area (TPSA) is 111 Å². The summed E-state index contributed by atoms with van der Waals surface area (Å²) in [5, 5.41) is 8.30. The number of nitrogens with one attached hydrogen (secondary N) is 1. The molecule has 1 unspecified atom stereocenters. The molecule has 1 aromatic heterocycles. The first-order valence-corrected chi connectivity index (χ1v) is 7.51. The molecule has 20 heavy (non-hydrogen) atoms. The van der Waals surface area contributed by atoms with E-state index < -0.39 is 10.0 Å². The third-order valence-corrected chi connectivity index (χ3v) is 3.89. The van der Waals surface area contributed by atoms with Crippen molar-refractivity contribution in [3.05, 3.63) is 48.3 Å². The van der Waals surface area contributed by atoms with E-state index in [9.17, 15) is 8.42 Å². The van der Waals surface area contributed by atoms with Crippen LogP contribution in [0.4, 0.5) is 11.4 Å². The summed E-state index contributed by atoms with van der Waals surface area (Å²) in [6.07, 6.45) is 3.43. The number of hydrogen-bond acceptors (Lipinski definition) is 5. The number of nitrogens with two attached hydrogens (primary N) is 2. The fourth-order valence-electron chi connectivity index (χ4n) is 1.88. The molecule has 106 valence electrons. The molecule has 1 heterocycles. The highest BCUT2D eigenvalue weighted by Gasteiger charge is 2.13. The molecule has 2 aromatic rings. The number of sulfonamides is 1. The number of nitrogen functional groups attached to an aromatic ring is 1. The minimum atomic E-state index is -3.79. The van der Waals surface area contributed by atoms with Gasteiger partial charge in [-0.2, -0.15) is 0 Å². The van der Waals surface area contributed by atoms with Crippen molar-refractivity contribution in [2.24, 2.45) is 5.14 Å². The lowest BCUT2D eigenvalue weighted by atomic mass is 10.1. The average molecular weight is 292 g/mol. The van der Waals surface area contributed by atoms with E-state index in [4.69, 9.17) is 10.9 Å².